The maximum absolute atomic E-state index is 14.1. The molecule has 1 aliphatic heterocycles. The smallest absolute Gasteiger partial charge is 0.273 e. The van der Waals surface area contributed by atoms with Crippen LogP contribution in [0.2, 0.25) is 0 Å². The molecule has 1 saturated carbocycles. The number of likely N-dealkylation sites (tertiary alicyclic amines) is 1. The van der Waals surface area contributed by atoms with Gasteiger partial charge in [-0.15, -0.1) is 0 Å². The average molecular weight is 499 g/mol. The number of halogens is 2. The maximum Gasteiger partial charge on any atom is 0.273 e. The van der Waals surface area contributed by atoms with Crippen LogP contribution in [0.15, 0.2) is 41.1 Å². The van der Waals surface area contributed by atoms with Gasteiger partial charge in [-0.3, -0.25) is 14.7 Å². The largest absolute Gasteiger partial charge is 0.355 e. The van der Waals surface area contributed by atoms with E-state index < -0.39 is 29.5 Å². The van der Waals surface area contributed by atoms with Crippen LogP contribution in [0.4, 0.5) is 8.78 Å². The third kappa shape index (κ3) is 5.46. The van der Waals surface area contributed by atoms with Gasteiger partial charge in [0, 0.05) is 44.0 Å². The second kappa shape index (κ2) is 10.2. The van der Waals surface area contributed by atoms with Crippen LogP contribution in [0.5, 0.6) is 0 Å². The molecule has 2 amide bonds. The molecule has 0 radical (unpaired) electrons. The second-order valence-corrected chi connectivity index (χ2v) is 9.62. The van der Waals surface area contributed by atoms with Gasteiger partial charge in [0.05, 0.1) is 23.2 Å². The summed E-state index contributed by atoms with van der Waals surface area (Å²) in [4.78, 5) is 28.6. The van der Waals surface area contributed by atoms with Crippen LogP contribution >= 0.6 is 0 Å². The number of H-pyrrole nitrogens is 1. The number of piperidine rings is 1. The summed E-state index contributed by atoms with van der Waals surface area (Å²) in [5.74, 6) is -1.97. The lowest BCUT2D eigenvalue weighted by Gasteiger charge is -2.38. The van der Waals surface area contributed by atoms with Gasteiger partial charge in [0.15, 0.2) is 11.5 Å². The molecule has 36 heavy (non-hydrogen) atoms. The molecule has 3 aromatic rings. The lowest BCUT2D eigenvalue weighted by atomic mass is 9.90. The summed E-state index contributed by atoms with van der Waals surface area (Å²) in [6, 6.07) is 5.50. The lowest BCUT2D eigenvalue weighted by molar-refractivity contribution is -0.128. The van der Waals surface area contributed by atoms with Gasteiger partial charge in [0.2, 0.25) is 5.91 Å². The molecule has 3 atom stereocenters. The molecule has 5 rings (SSSR count). The quantitative estimate of drug-likeness (QED) is 0.440. The standard InChI is InChI=1S/C25H28F2N6O3/c1-14(20-6-8-28-31-20)29-24(34)18-13-33(12-15-2-3-15)9-7-21(18)30-25(35)22-11-23(36-32-22)17-5-4-16(26)10-19(17)27/h4-6,8,10-11,14-15,18,21H,2-3,7,9,12-13H2,1H3,(H,28,31)(H,29,34)(H,30,35)/t14-,18-,21-/m0/s1. The van der Waals surface area contributed by atoms with E-state index in [0.717, 1.165) is 30.9 Å². The first-order chi connectivity index (χ1) is 17.4. The number of hydrogen-bond donors (Lipinski definition) is 3. The number of amides is 2. The van der Waals surface area contributed by atoms with Gasteiger partial charge in [0.25, 0.3) is 5.91 Å². The van der Waals surface area contributed by atoms with Crippen molar-refractivity contribution in [1.29, 1.82) is 0 Å². The van der Waals surface area contributed by atoms with E-state index >= 15 is 0 Å². The Bertz CT molecular complexity index is 1230. The summed E-state index contributed by atoms with van der Waals surface area (Å²) in [6.45, 7) is 4.13. The molecule has 11 heteroatoms. The lowest BCUT2D eigenvalue weighted by Crippen LogP contribution is -2.56. The zero-order valence-corrected chi connectivity index (χ0v) is 19.8. The number of aromatic nitrogens is 3. The Balaban J connectivity index is 1.28. The summed E-state index contributed by atoms with van der Waals surface area (Å²) < 4.78 is 32.5. The molecule has 2 fully saturated rings. The predicted molar refractivity (Wildman–Crippen MR) is 126 cm³/mol. The minimum absolute atomic E-state index is 0.00128. The van der Waals surface area contributed by atoms with E-state index in [1.165, 1.54) is 25.0 Å². The van der Waals surface area contributed by atoms with Crippen LogP contribution in [0.25, 0.3) is 11.3 Å². The van der Waals surface area contributed by atoms with Gasteiger partial charge >= 0.3 is 0 Å². The molecule has 3 N–H and O–H groups in total. The van der Waals surface area contributed by atoms with Crippen LogP contribution in [0.1, 0.15) is 48.4 Å². The number of benzene rings is 1. The van der Waals surface area contributed by atoms with Crippen LogP contribution in [-0.2, 0) is 4.79 Å². The molecule has 190 valence electrons. The molecule has 3 heterocycles. The van der Waals surface area contributed by atoms with E-state index in [2.05, 4.69) is 30.9 Å². The summed E-state index contributed by atoms with van der Waals surface area (Å²) in [6.07, 6.45) is 4.66. The van der Waals surface area contributed by atoms with E-state index in [-0.39, 0.29) is 29.0 Å². The minimum Gasteiger partial charge on any atom is -0.355 e. The molecule has 9 nitrogen and oxygen atoms in total. The molecular formula is C25H28F2N6O3. The van der Waals surface area contributed by atoms with E-state index in [1.807, 2.05) is 6.92 Å². The van der Waals surface area contributed by atoms with Crippen molar-refractivity contribution in [2.45, 2.75) is 38.3 Å². The van der Waals surface area contributed by atoms with Crippen molar-refractivity contribution < 1.29 is 22.9 Å². The van der Waals surface area contributed by atoms with Gasteiger partial charge in [-0.25, -0.2) is 8.78 Å². The highest BCUT2D eigenvalue weighted by Gasteiger charge is 2.38. The van der Waals surface area contributed by atoms with Crippen LogP contribution < -0.4 is 10.6 Å². The summed E-state index contributed by atoms with van der Waals surface area (Å²) in [5.41, 5.74) is 0.748. The SMILES string of the molecule is C[C@H](NC(=O)[C@H]1CN(CC2CC2)CC[C@@H]1NC(=O)c1cc(-c2ccc(F)cc2F)on1)c1ccn[nH]1. The van der Waals surface area contributed by atoms with Crippen molar-refractivity contribution in [1.82, 2.24) is 30.9 Å². The maximum atomic E-state index is 14.1. The highest BCUT2D eigenvalue weighted by molar-refractivity contribution is 5.94. The molecule has 0 bridgehead atoms. The number of nitrogens with one attached hydrogen (secondary N) is 3. The first-order valence-corrected chi connectivity index (χ1v) is 12.1. The second-order valence-electron chi connectivity index (χ2n) is 9.62. The van der Waals surface area contributed by atoms with Gasteiger partial charge in [-0.1, -0.05) is 5.16 Å². The summed E-state index contributed by atoms with van der Waals surface area (Å²) >= 11 is 0. The highest BCUT2D eigenvalue weighted by atomic mass is 19.1. The Hall–Kier alpha value is -3.60. The number of carbonyl (C=O) groups is 2. The van der Waals surface area contributed by atoms with Crippen molar-refractivity contribution >= 4 is 11.8 Å². The number of rotatable bonds is 8. The molecule has 1 aliphatic carbocycles. The molecule has 1 aromatic carbocycles. The fraction of sp³-hybridized carbons (Fsp3) is 0.440. The third-order valence-corrected chi connectivity index (χ3v) is 6.85. The first-order valence-electron chi connectivity index (χ1n) is 12.1. The Morgan fingerprint density at radius 1 is 1.22 bits per heavy atom. The van der Waals surface area contributed by atoms with Crippen molar-refractivity contribution in [3.63, 3.8) is 0 Å². The van der Waals surface area contributed by atoms with Crippen molar-refractivity contribution in [2.24, 2.45) is 11.8 Å². The van der Waals surface area contributed by atoms with E-state index in [9.17, 15) is 18.4 Å². The van der Waals surface area contributed by atoms with E-state index in [1.54, 1.807) is 12.3 Å². The van der Waals surface area contributed by atoms with E-state index in [4.69, 9.17) is 4.52 Å². The fourth-order valence-corrected chi connectivity index (χ4v) is 4.64. The Morgan fingerprint density at radius 2 is 2.06 bits per heavy atom. The van der Waals surface area contributed by atoms with Crippen LogP contribution in [0.3, 0.4) is 0 Å². The predicted octanol–water partition coefficient (Wildman–Crippen LogP) is 3.05. The Kier molecular flexibility index (Phi) is 6.82. The molecule has 0 spiro atoms. The van der Waals surface area contributed by atoms with Gasteiger partial charge in [0.1, 0.15) is 11.6 Å². The molecule has 1 saturated heterocycles. The normalized spacial score (nSPS) is 21.2. The van der Waals surface area contributed by atoms with Gasteiger partial charge < -0.3 is 20.1 Å². The first kappa shape index (κ1) is 24.1. The van der Waals surface area contributed by atoms with Crippen molar-refractivity contribution in [3.05, 3.63) is 59.6 Å². The summed E-state index contributed by atoms with van der Waals surface area (Å²) in [7, 11) is 0. The zero-order chi connectivity index (χ0) is 25.2. The number of carbonyl (C=O) groups excluding carboxylic acids is 2. The highest BCUT2D eigenvalue weighted by Crippen LogP contribution is 2.31. The van der Waals surface area contributed by atoms with E-state index in [0.29, 0.717) is 18.9 Å². The minimum atomic E-state index is -0.815. The molecule has 2 aliphatic rings. The third-order valence-electron chi connectivity index (χ3n) is 6.85. The summed E-state index contributed by atoms with van der Waals surface area (Å²) in [5, 5.41) is 16.5. The topological polar surface area (TPSA) is 116 Å². The van der Waals surface area contributed by atoms with Crippen molar-refractivity contribution in [2.75, 3.05) is 19.6 Å². The van der Waals surface area contributed by atoms with Crippen LogP contribution in [-0.4, -0.2) is 57.7 Å². The molecular weight excluding hydrogens is 470 g/mol. The van der Waals surface area contributed by atoms with Gasteiger partial charge in [-0.05, 0) is 50.3 Å². The van der Waals surface area contributed by atoms with Crippen molar-refractivity contribution in [3.8, 4) is 11.3 Å². The Labute approximate surface area is 206 Å². The fourth-order valence-electron chi connectivity index (χ4n) is 4.64. The monoisotopic (exact) mass is 498 g/mol. The Morgan fingerprint density at radius 3 is 2.78 bits per heavy atom. The molecule has 2 aromatic heterocycles. The zero-order valence-electron chi connectivity index (χ0n) is 19.8. The number of hydrogen-bond acceptors (Lipinski definition) is 6. The number of nitrogens with zero attached hydrogens (tertiary/aromatic N) is 3. The van der Waals surface area contributed by atoms with Crippen LogP contribution in [0, 0.1) is 23.5 Å². The molecule has 0 unspecified atom stereocenters. The van der Waals surface area contributed by atoms with Gasteiger partial charge in [-0.2, -0.15) is 5.10 Å². The number of aromatic amines is 1. The average Bonchev–Trinajstić information content (AvgIpc) is 3.30.